The van der Waals surface area contributed by atoms with Gasteiger partial charge in [0.25, 0.3) is 0 Å². The molecule has 0 heterocycles. The van der Waals surface area contributed by atoms with Crippen LogP contribution < -0.4 is 5.32 Å². The molecule has 0 aromatic heterocycles. The van der Waals surface area contributed by atoms with E-state index in [1.54, 1.807) is 18.2 Å². The lowest BCUT2D eigenvalue weighted by atomic mass is 10.1. The van der Waals surface area contributed by atoms with Gasteiger partial charge in [-0.05, 0) is 64.8 Å². The number of rotatable bonds is 3. The Kier molecular flexibility index (Phi) is 4.27. The molecule has 0 saturated carbocycles. The Morgan fingerprint density at radius 1 is 1.11 bits per heavy atom. The number of carboxylic acid groups (broad SMARTS) is 1. The first kappa shape index (κ1) is 14.1. The van der Waals surface area contributed by atoms with Gasteiger partial charge in [-0.3, -0.25) is 0 Å². The number of halogens is 2. The minimum atomic E-state index is -0.917. The minimum absolute atomic E-state index is 0.290. The number of benzene rings is 2. The third-order valence-corrected chi connectivity index (χ3v) is 3.82. The molecule has 5 heteroatoms. The van der Waals surface area contributed by atoms with Crippen LogP contribution in [0, 0.1) is 6.92 Å². The summed E-state index contributed by atoms with van der Waals surface area (Å²) < 4.78 is 1.92. The molecule has 0 aliphatic rings. The van der Waals surface area contributed by atoms with Crippen molar-refractivity contribution in [1.82, 2.24) is 0 Å². The zero-order valence-corrected chi connectivity index (χ0v) is 13.2. The van der Waals surface area contributed by atoms with Crippen LogP contribution >= 0.6 is 31.9 Å². The van der Waals surface area contributed by atoms with Crippen LogP contribution in [0.25, 0.3) is 0 Å². The molecule has 2 rings (SSSR count). The van der Waals surface area contributed by atoms with Crippen LogP contribution in [0.2, 0.25) is 0 Å². The second-order valence-corrected chi connectivity index (χ2v) is 5.85. The summed E-state index contributed by atoms with van der Waals surface area (Å²) in [5, 5.41) is 12.2. The molecule has 2 N–H and O–H groups in total. The Balaban J connectivity index is 2.31. The topological polar surface area (TPSA) is 49.3 Å². The van der Waals surface area contributed by atoms with Crippen molar-refractivity contribution in [3.63, 3.8) is 0 Å². The molecule has 0 atom stereocenters. The maximum absolute atomic E-state index is 10.9. The van der Waals surface area contributed by atoms with Crippen molar-refractivity contribution in [2.75, 3.05) is 5.32 Å². The molecule has 0 spiro atoms. The lowest BCUT2D eigenvalue weighted by Crippen LogP contribution is -1.99. The number of carbonyl (C=O) groups is 1. The molecular weight excluding hydrogens is 374 g/mol. The monoisotopic (exact) mass is 383 g/mol. The van der Waals surface area contributed by atoms with Gasteiger partial charge in [0.15, 0.2) is 0 Å². The molecule has 0 aliphatic heterocycles. The Morgan fingerprint density at radius 2 is 1.79 bits per heavy atom. The van der Waals surface area contributed by atoms with E-state index in [-0.39, 0.29) is 5.56 Å². The number of anilines is 2. The molecule has 0 bridgehead atoms. The summed E-state index contributed by atoms with van der Waals surface area (Å²) in [6.45, 7) is 1.88. The molecule has 0 amide bonds. The van der Waals surface area contributed by atoms with Gasteiger partial charge < -0.3 is 10.4 Å². The van der Waals surface area contributed by atoms with Crippen LogP contribution in [-0.4, -0.2) is 11.1 Å². The summed E-state index contributed by atoms with van der Waals surface area (Å²) in [7, 11) is 0. The van der Waals surface area contributed by atoms with Gasteiger partial charge in [0, 0.05) is 14.6 Å². The third kappa shape index (κ3) is 3.36. The SMILES string of the molecule is Cc1cc(C(=O)O)ccc1Nc1ccc(Br)cc1Br. The van der Waals surface area contributed by atoms with Crippen molar-refractivity contribution in [3.05, 3.63) is 56.5 Å². The van der Waals surface area contributed by atoms with E-state index in [4.69, 9.17) is 5.11 Å². The highest BCUT2D eigenvalue weighted by atomic mass is 79.9. The number of aryl methyl sites for hydroxylation is 1. The van der Waals surface area contributed by atoms with Gasteiger partial charge in [-0.2, -0.15) is 0 Å². The normalized spacial score (nSPS) is 10.3. The summed E-state index contributed by atoms with van der Waals surface area (Å²) >= 11 is 6.88. The zero-order valence-electron chi connectivity index (χ0n) is 10.1. The van der Waals surface area contributed by atoms with E-state index in [1.807, 2.05) is 25.1 Å². The van der Waals surface area contributed by atoms with Crippen LogP contribution in [0.5, 0.6) is 0 Å². The van der Waals surface area contributed by atoms with Crippen molar-refractivity contribution in [3.8, 4) is 0 Å². The van der Waals surface area contributed by atoms with Crippen molar-refractivity contribution in [2.24, 2.45) is 0 Å². The Bertz CT molecular complexity index is 641. The highest BCUT2D eigenvalue weighted by Gasteiger charge is 2.07. The molecule has 98 valence electrons. The van der Waals surface area contributed by atoms with Crippen molar-refractivity contribution < 1.29 is 9.90 Å². The van der Waals surface area contributed by atoms with Crippen LogP contribution in [0.1, 0.15) is 15.9 Å². The van der Waals surface area contributed by atoms with Gasteiger partial charge in [-0.15, -0.1) is 0 Å². The molecule has 2 aromatic rings. The highest BCUT2D eigenvalue weighted by molar-refractivity contribution is 9.11. The van der Waals surface area contributed by atoms with Gasteiger partial charge in [0.1, 0.15) is 0 Å². The molecule has 19 heavy (non-hydrogen) atoms. The van der Waals surface area contributed by atoms with Gasteiger partial charge in [-0.25, -0.2) is 4.79 Å². The number of nitrogens with one attached hydrogen (secondary N) is 1. The lowest BCUT2D eigenvalue weighted by molar-refractivity contribution is 0.0697. The zero-order chi connectivity index (χ0) is 14.0. The van der Waals surface area contributed by atoms with Crippen LogP contribution in [0.3, 0.4) is 0 Å². The second-order valence-electron chi connectivity index (χ2n) is 4.08. The Labute approximate surface area is 127 Å². The molecule has 0 aliphatic carbocycles. The first-order valence-electron chi connectivity index (χ1n) is 5.53. The van der Waals surface area contributed by atoms with Crippen molar-refractivity contribution >= 4 is 49.2 Å². The summed E-state index contributed by atoms with van der Waals surface area (Å²) in [4.78, 5) is 10.9. The molecule has 0 radical (unpaired) electrons. The second kappa shape index (κ2) is 5.75. The minimum Gasteiger partial charge on any atom is -0.478 e. The number of carboxylic acids is 1. The molecule has 2 aromatic carbocycles. The molecule has 0 unspecified atom stereocenters. The maximum Gasteiger partial charge on any atom is 0.335 e. The van der Waals surface area contributed by atoms with Crippen molar-refractivity contribution in [2.45, 2.75) is 6.92 Å². The summed E-state index contributed by atoms with van der Waals surface area (Å²) in [6.07, 6.45) is 0. The Morgan fingerprint density at radius 3 is 2.37 bits per heavy atom. The number of hydrogen-bond donors (Lipinski definition) is 2. The maximum atomic E-state index is 10.9. The fraction of sp³-hybridized carbons (Fsp3) is 0.0714. The van der Waals surface area contributed by atoms with E-state index in [1.165, 1.54) is 0 Å². The van der Waals surface area contributed by atoms with Crippen LogP contribution in [-0.2, 0) is 0 Å². The van der Waals surface area contributed by atoms with E-state index < -0.39 is 5.97 Å². The van der Waals surface area contributed by atoms with E-state index in [2.05, 4.69) is 37.2 Å². The molecular formula is C14H11Br2NO2. The van der Waals surface area contributed by atoms with E-state index in [9.17, 15) is 4.79 Å². The summed E-state index contributed by atoms with van der Waals surface area (Å²) in [5.41, 5.74) is 2.98. The average molecular weight is 385 g/mol. The van der Waals surface area contributed by atoms with Gasteiger partial charge in [-0.1, -0.05) is 15.9 Å². The summed E-state index contributed by atoms with van der Waals surface area (Å²) in [6, 6.07) is 10.8. The highest BCUT2D eigenvalue weighted by Crippen LogP contribution is 2.30. The first-order chi connectivity index (χ1) is 8.97. The predicted molar refractivity (Wildman–Crippen MR) is 83.3 cm³/mol. The average Bonchev–Trinajstić information content (AvgIpc) is 2.34. The molecule has 0 fully saturated rings. The van der Waals surface area contributed by atoms with E-state index >= 15 is 0 Å². The molecule has 0 saturated heterocycles. The van der Waals surface area contributed by atoms with E-state index in [0.29, 0.717) is 0 Å². The molecule has 3 nitrogen and oxygen atoms in total. The third-order valence-electron chi connectivity index (χ3n) is 2.67. The summed E-state index contributed by atoms with van der Waals surface area (Å²) in [5.74, 6) is -0.917. The van der Waals surface area contributed by atoms with Crippen LogP contribution in [0.15, 0.2) is 45.3 Å². The fourth-order valence-electron chi connectivity index (χ4n) is 1.67. The van der Waals surface area contributed by atoms with Crippen molar-refractivity contribution in [1.29, 1.82) is 0 Å². The van der Waals surface area contributed by atoms with Gasteiger partial charge in [0.05, 0.1) is 11.3 Å². The lowest BCUT2D eigenvalue weighted by Gasteiger charge is -2.12. The number of hydrogen-bond acceptors (Lipinski definition) is 2. The Hall–Kier alpha value is -1.33. The van der Waals surface area contributed by atoms with Gasteiger partial charge >= 0.3 is 5.97 Å². The predicted octanol–water partition coefficient (Wildman–Crippen LogP) is 4.96. The van der Waals surface area contributed by atoms with E-state index in [0.717, 1.165) is 25.9 Å². The number of aromatic carboxylic acids is 1. The fourth-order valence-corrected chi connectivity index (χ4v) is 2.82. The largest absolute Gasteiger partial charge is 0.478 e. The first-order valence-corrected chi connectivity index (χ1v) is 7.12. The van der Waals surface area contributed by atoms with Crippen LogP contribution in [0.4, 0.5) is 11.4 Å². The van der Waals surface area contributed by atoms with Gasteiger partial charge in [0.2, 0.25) is 0 Å². The quantitative estimate of drug-likeness (QED) is 0.785. The standard InChI is InChI=1S/C14H11Br2NO2/c1-8-6-9(14(18)19)2-4-12(8)17-13-5-3-10(15)7-11(13)16/h2-7,17H,1H3,(H,18,19). The smallest absolute Gasteiger partial charge is 0.335 e.